The summed E-state index contributed by atoms with van der Waals surface area (Å²) in [4.78, 5) is 22.9. The summed E-state index contributed by atoms with van der Waals surface area (Å²) in [5.41, 5.74) is 1.24. The molecule has 33 heavy (non-hydrogen) atoms. The summed E-state index contributed by atoms with van der Waals surface area (Å²) < 4.78 is 17.5. The molecule has 5 heterocycles. The zero-order valence-electron chi connectivity index (χ0n) is 18.8. The van der Waals surface area contributed by atoms with E-state index in [1.807, 2.05) is 54.5 Å². The normalized spacial score (nSPS) is 22.2. The fraction of sp³-hybridized carbons (Fsp3) is 0.417. The van der Waals surface area contributed by atoms with Crippen LogP contribution in [0.25, 0.3) is 6.08 Å². The summed E-state index contributed by atoms with van der Waals surface area (Å²) in [6.07, 6.45) is 5.61. The Morgan fingerprint density at radius 3 is 2.88 bits per heavy atom. The number of rotatable bonds is 5. The summed E-state index contributed by atoms with van der Waals surface area (Å²) in [7, 11) is 0. The van der Waals surface area contributed by atoms with Gasteiger partial charge in [0, 0.05) is 30.1 Å². The Morgan fingerprint density at radius 2 is 2.12 bits per heavy atom. The summed E-state index contributed by atoms with van der Waals surface area (Å²) in [6, 6.07) is 7.75. The molecule has 174 valence electrons. The van der Waals surface area contributed by atoms with Crippen molar-refractivity contribution in [1.82, 2.24) is 4.90 Å². The highest BCUT2D eigenvalue weighted by atomic mass is 32.2. The first kappa shape index (κ1) is 22.2. The van der Waals surface area contributed by atoms with Crippen molar-refractivity contribution in [1.29, 1.82) is 0 Å². The Hall–Kier alpha value is -2.65. The average molecular weight is 486 g/mol. The number of ether oxygens (including phenoxy) is 2. The molecule has 9 heteroatoms. The number of fused-ring (bicyclic) bond motifs is 1. The number of hydrogen-bond acceptors (Lipinski definition) is 9. The lowest BCUT2D eigenvalue weighted by molar-refractivity contribution is -0.139. The quantitative estimate of drug-likeness (QED) is 0.511. The minimum Gasteiger partial charge on any atom is -0.466 e. The first-order valence-electron chi connectivity index (χ1n) is 11.3. The lowest BCUT2D eigenvalue weighted by Gasteiger charge is -2.39. The number of anilines is 1. The second-order valence-electron chi connectivity index (χ2n) is 8.06. The molecule has 2 saturated heterocycles. The lowest BCUT2D eigenvalue weighted by Crippen LogP contribution is -2.42. The number of carbonyl (C=O) groups is 1. The number of hydrogen-bond donors (Lipinski definition) is 0. The van der Waals surface area contributed by atoms with Crippen molar-refractivity contribution >= 4 is 46.2 Å². The number of thiophene rings is 1. The van der Waals surface area contributed by atoms with E-state index in [-0.39, 0.29) is 18.7 Å². The molecular weight excluding hydrogens is 458 g/mol. The second-order valence-corrected chi connectivity index (χ2v) is 10.0. The van der Waals surface area contributed by atoms with E-state index in [2.05, 4.69) is 4.90 Å². The maximum absolute atomic E-state index is 12.8. The van der Waals surface area contributed by atoms with Crippen molar-refractivity contribution in [3.8, 4) is 0 Å². The van der Waals surface area contributed by atoms with Crippen LogP contribution in [0.5, 0.6) is 0 Å². The number of nitrogens with zero attached hydrogens (tertiary/aromatic N) is 3. The first-order valence-corrected chi connectivity index (χ1v) is 13.0. The van der Waals surface area contributed by atoms with Gasteiger partial charge in [-0.05, 0) is 62.4 Å². The number of allylic oxidation sites excluding steroid dienone is 1. The Morgan fingerprint density at radius 1 is 1.27 bits per heavy atom. The summed E-state index contributed by atoms with van der Waals surface area (Å²) in [5.74, 6) is 1.34. The Balaban J connectivity index is 1.40. The minimum absolute atomic E-state index is 0.278. The van der Waals surface area contributed by atoms with Crippen molar-refractivity contribution in [3.63, 3.8) is 0 Å². The number of thioether (sulfide) groups is 1. The predicted molar refractivity (Wildman–Crippen MR) is 132 cm³/mol. The zero-order valence-corrected chi connectivity index (χ0v) is 20.4. The molecule has 0 spiro atoms. The van der Waals surface area contributed by atoms with Gasteiger partial charge in [0.1, 0.15) is 11.8 Å². The molecule has 0 aliphatic carbocycles. The van der Waals surface area contributed by atoms with Crippen LogP contribution in [0.2, 0.25) is 0 Å². The third-order valence-corrected chi connectivity index (χ3v) is 7.74. The van der Waals surface area contributed by atoms with E-state index in [9.17, 15) is 4.79 Å². The van der Waals surface area contributed by atoms with E-state index in [1.165, 1.54) is 31.0 Å². The average Bonchev–Trinajstić information content (AvgIpc) is 3.51. The first-order chi connectivity index (χ1) is 16.1. The van der Waals surface area contributed by atoms with Crippen molar-refractivity contribution in [2.75, 3.05) is 31.3 Å². The van der Waals surface area contributed by atoms with Gasteiger partial charge in [-0.1, -0.05) is 6.07 Å². The molecule has 3 aliphatic heterocycles. The SMILES string of the molecule is CCOC(=O)C1=C(C)N=C2S/C(=C/c3ccc(N4CCCCC4)o3)OCN2C1c1cccs1. The van der Waals surface area contributed by atoms with Gasteiger partial charge in [-0.3, -0.25) is 0 Å². The molecule has 0 radical (unpaired) electrons. The number of furan rings is 1. The number of amidine groups is 1. The van der Waals surface area contributed by atoms with Gasteiger partial charge in [0.2, 0.25) is 0 Å². The molecule has 0 bridgehead atoms. The highest BCUT2D eigenvalue weighted by Gasteiger charge is 2.40. The fourth-order valence-corrected chi connectivity index (χ4v) is 6.07. The zero-order chi connectivity index (χ0) is 22.8. The van der Waals surface area contributed by atoms with Gasteiger partial charge in [-0.25, -0.2) is 9.79 Å². The maximum atomic E-state index is 12.8. The number of piperidine rings is 1. The van der Waals surface area contributed by atoms with E-state index >= 15 is 0 Å². The van der Waals surface area contributed by atoms with E-state index < -0.39 is 0 Å². The fourth-order valence-electron chi connectivity index (χ4n) is 4.30. The van der Waals surface area contributed by atoms with Gasteiger partial charge in [0.25, 0.3) is 0 Å². The van der Waals surface area contributed by atoms with Gasteiger partial charge in [0.05, 0.1) is 17.9 Å². The van der Waals surface area contributed by atoms with E-state index in [4.69, 9.17) is 18.9 Å². The maximum Gasteiger partial charge on any atom is 0.338 e. The second kappa shape index (κ2) is 9.69. The van der Waals surface area contributed by atoms with Crippen LogP contribution < -0.4 is 4.90 Å². The van der Waals surface area contributed by atoms with Crippen LogP contribution in [0.4, 0.5) is 5.88 Å². The van der Waals surface area contributed by atoms with Gasteiger partial charge in [-0.15, -0.1) is 11.3 Å². The molecule has 0 amide bonds. The smallest absolute Gasteiger partial charge is 0.338 e. The molecule has 7 nitrogen and oxygen atoms in total. The molecule has 1 atom stereocenters. The minimum atomic E-state index is -0.330. The van der Waals surface area contributed by atoms with Gasteiger partial charge in [-0.2, -0.15) is 0 Å². The monoisotopic (exact) mass is 485 g/mol. The lowest BCUT2D eigenvalue weighted by atomic mass is 10.0. The largest absolute Gasteiger partial charge is 0.466 e. The van der Waals surface area contributed by atoms with Gasteiger partial charge >= 0.3 is 5.97 Å². The van der Waals surface area contributed by atoms with Crippen LogP contribution in [-0.4, -0.2) is 42.5 Å². The van der Waals surface area contributed by atoms with E-state index in [0.717, 1.165) is 39.9 Å². The standard InChI is InChI=1S/C24H27N3O4S2/c1-3-29-23(28)21-16(2)25-24-27(22(21)18-8-7-13-32-18)15-30-20(33-24)14-17-9-10-19(31-17)26-11-5-4-6-12-26/h7-10,13-14,22H,3-6,11-12,15H2,1-2H3/b20-14+. The van der Waals surface area contributed by atoms with Crippen LogP contribution in [-0.2, 0) is 14.3 Å². The van der Waals surface area contributed by atoms with Crippen molar-refractivity contribution < 1.29 is 18.7 Å². The summed E-state index contributed by atoms with van der Waals surface area (Å²) >= 11 is 3.05. The van der Waals surface area contributed by atoms with Crippen LogP contribution in [0, 0.1) is 0 Å². The predicted octanol–water partition coefficient (Wildman–Crippen LogP) is 5.60. The molecule has 2 aromatic heterocycles. The number of carbonyl (C=O) groups excluding carboxylic acids is 1. The van der Waals surface area contributed by atoms with E-state index in [1.54, 1.807) is 11.3 Å². The highest BCUT2D eigenvalue weighted by molar-refractivity contribution is 8.17. The molecule has 0 aromatic carbocycles. The molecule has 3 aliphatic rings. The topological polar surface area (TPSA) is 67.5 Å². The Labute approximate surface area is 201 Å². The van der Waals surface area contributed by atoms with Gasteiger partial charge in [0.15, 0.2) is 22.9 Å². The Bertz CT molecular complexity index is 1100. The molecular formula is C24H27N3O4S2. The van der Waals surface area contributed by atoms with Crippen molar-refractivity contribution in [3.05, 3.63) is 56.6 Å². The van der Waals surface area contributed by atoms with Crippen LogP contribution in [0.15, 0.2) is 55.4 Å². The summed E-state index contributed by atoms with van der Waals surface area (Å²) in [6.45, 7) is 6.38. The number of esters is 1. The van der Waals surface area contributed by atoms with Crippen molar-refractivity contribution in [2.24, 2.45) is 4.99 Å². The molecule has 5 rings (SSSR count). The third-order valence-electron chi connectivity index (χ3n) is 5.87. The molecule has 2 aromatic rings. The molecule has 1 unspecified atom stereocenters. The van der Waals surface area contributed by atoms with Crippen LogP contribution >= 0.6 is 23.1 Å². The van der Waals surface area contributed by atoms with Crippen LogP contribution in [0.3, 0.4) is 0 Å². The van der Waals surface area contributed by atoms with Crippen molar-refractivity contribution in [2.45, 2.75) is 39.2 Å². The summed E-state index contributed by atoms with van der Waals surface area (Å²) in [5, 5.41) is 3.54. The van der Waals surface area contributed by atoms with Crippen LogP contribution in [0.1, 0.15) is 49.8 Å². The molecule has 2 fully saturated rings. The number of aliphatic imine (C=N–C) groups is 1. The highest BCUT2D eigenvalue weighted by Crippen LogP contribution is 2.43. The third kappa shape index (κ3) is 4.56. The van der Waals surface area contributed by atoms with Gasteiger partial charge < -0.3 is 23.7 Å². The van der Waals surface area contributed by atoms with E-state index in [0.29, 0.717) is 17.9 Å². The Kier molecular flexibility index (Phi) is 6.50. The molecule has 0 saturated carbocycles. The molecule has 0 N–H and O–H groups in total.